The molecule has 0 saturated carbocycles. The van der Waals surface area contributed by atoms with E-state index in [-0.39, 0.29) is 5.69 Å². The molecule has 106 valence electrons. The summed E-state index contributed by atoms with van der Waals surface area (Å²) in [5.74, 6) is -1.54. The smallest absolute Gasteiger partial charge is 0.328 e. The van der Waals surface area contributed by atoms with Crippen LogP contribution in [-0.4, -0.2) is 22.0 Å². The van der Waals surface area contributed by atoms with Gasteiger partial charge in [0, 0.05) is 28.5 Å². The second-order valence-electron chi connectivity index (χ2n) is 4.08. The Bertz CT molecular complexity index is 714. The molecule has 0 spiro atoms. The maximum Gasteiger partial charge on any atom is 0.328 e. The molecule has 0 aliphatic carbocycles. The second-order valence-corrected chi connectivity index (χ2v) is 4.51. The minimum atomic E-state index is -1.10. The first-order valence-electron chi connectivity index (χ1n) is 5.99. The minimum Gasteiger partial charge on any atom is -0.478 e. The highest BCUT2D eigenvalue weighted by atomic mass is 35.5. The molecule has 0 atom stereocenters. The van der Waals surface area contributed by atoms with Gasteiger partial charge in [-0.2, -0.15) is 0 Å². The van der Waals surface area contributed by atoms with Gasteiger partial charge in [0.05, 0.1) is 0 Å². The molecule has 0 saturated heterocycles. The van der Waals surface area contributed by atoms with Crippen LogP contribution in [0.2, 0.25) is 5.02 Å². The number of carbonyl (C=O) groups is 2. The van der Waals surface area contributed by atoms with Crippen molar-refractivity contribution in [2.24, 2.45) is 0 Å². The molecule has 21 heavy (non-hydrogen) atoms. The van der Waals surface area contributed by atoms with Crippen LogP contribution in [0.4, 0.5) is 5.69 Å². The first kappa shape index (κ1) is 14.7. The molecule has 2 N–H and O–H groups in total. The van der Waals surface area contributed by atoms with Crippen molar-refractivity contribution in [3.63, 3.8) is 0 Å². The third-order valence-corrected chi connectivity index (χ3v) is 2.78. The predicted octanol–water partition coefficient (Wildman–Crippen LogP) is 3.09. The van der Waals surface area contributed by atoms with Crippen molar-refractivity contribution < 1.29 is 14.7 Å². The van der Waals surface area contributed by atoms with Gasteiger partial charge in [0.2, 0.25) is 0 Å². The molecule has 0 aliphatic heterocycles. The number of amides is 1. The molecule has 1 aromatic heterocycles. The van der Waals surface area contributed by atoms with E-state index in [1.165, 1.54) is 12.3 Å². The molecule has 0 aliphatic rings. The van der Waals surface area contributed by atoms with Gasteiger partial charge in [-0.3, -0.25) is 9.78 Å². The Morgan fingerprint density at radius 3 is 2.76 bits per heavy atom. The number of carbonyl (C=O) groups excluding carboxylic acids is 1. The lowest BCUT2D eigenvalue weighted by atomic mass is 10.1. The molecule has 6 heteroatoms. The third kappa shape index (κ3) is 4.15. The minimum absolute atomic E-state index is 0.134. The van der Waals surface area contributed by atoms with Gasteiger partial charge >= 0.3 is 5.97 Å². The Labute approximate surface area is 125 Å². The van der Waals surface area contributed by atoms with Crippen molar-refractivity contribution in [2.75, 3.05) is 5.32 Å². The Morgan fingerprint density at radius 1 is 1.24 bits per heavy atom. The van der Waals surface area contributed by atoms with E-state index in [0.717, 1.165) is 6.08 Å². The summed E-state index contributed by atoms with van der Waals surface area (Å²) in [5, 5.41) is 11.8. The average Bonchev–Trinajstić information content (AvgIpc) is 2.45. The molecule has 2 aromatic rings. The quantitative estimate of drug-likeness (QED) is 0.851. The van der Waals surface area contributed by atoms with Crippen LogP contribution in [0.25, 0.3) is 6.08 Å². The number of benzene rings is 1. The Morgan fingerprint density at radius 2 is 2.05 bits per heavy atom. The van der Waals surface area contributed by atoms with Crippen LogP contribution in [0.3, 0.4) is 0 Å². The van der Waals surface area contributed by atoms with Crippen LogP contribution >= 0.6 is 11.6 Å². The zero-order valence-electron chi connectivity index (χ0n) is 10.8. The summed E-state index contributed by atoms with van der Waals surface area (Å²) in [5.41, 5.74) is 1.08. The Balaban J connectivity index is 2.25. The van der Waals surface area contributed by atoms with E-state index >= 15 is 0 Å². The molecule has 2 rings (SSSR count). The van der Waals surface area contributed by atoms with Crippen LogP contribution < -0.4 is 5.32 Å². The summed E-state index contributed by atoms with van der Waals surface area (Å²) in [7, 11) is 0. The highest BCUT2D eigenvalue weighted by Crippen LogP contribution is 2.16. The fourth-order valence-corrected chi connectivity index (χ4v) is 1.85. The number of hydrogen-bond acceptors (Lipinski definition) is 3. The van der Waals surface area contributed by atoms with Gasteiger partial charge in [0.1, 0.15) is 5.69 Å². The monoisotopic (exact) mass is 302 g/mol. The molecule has 0 unspecified atom stereocenters. The van der Waals surface area contributed by atoms with Gasteiger partial charge in [-0.15, -0.1) is 0 Å². The van der Waals surface area contributed by atoms with Gasteiger partial charge in [0.25, 0.3) is 5.91 Å². The first-order chi connectivity index (χ1) is 10.1. The van der Waals surface area contributed by atoms with Gasteiger partial charge < -0.3 is 10.4 Å². The molecule has 1 heterocycles. The normalized spacial score (nSPS) is 10.5. The van der Waals surface area contributed by atoms with Crippen LogP contribution in [0, 0.1) is 0 Å². The summed E-state index contributed by atoms with van der Waals surface area (Å²) in [6.07, 6.45) is 3.74. The van der Waals surface area contributed by atoms with E-state index in [2.05, 4.69) is 10.3 Å². The van der Waals surface area contributed by atoms with Crippen molar-refractivity contribution >= 4 is 35.2 Å². The van der Waals surface area contributed by atoms with Crippen molar-refractivity contribution in [1.82, 2.24) is 4.98 Å². The fourth-order valence-electron chi connectivity index (χ4n) is 1.66. The van der Waals surface area contributed by atoms with Gasteiger partial charge in [-0.05, 0) is 30.3 Å². The lowest BCUT2D eigenvalue weighted by Gasteiger charge is -2.07. The summed E-state index contributed by atoms with van der Waals surface area (Å²) in [6.45, 7) is 0. The van der Waals surface area contributed by atoms with Crippen LogP contribution in [-0.2, 0) is 4.79 Å². The average molecular weight is 303 g/mol. The number of aliphatic carboxylic acids is 1. The summed E-state index contributed by atoms with van der Waals surface area (Å²) in [4.78, 5) is 26.7. The van der Waals surface area contributed by atoms with E-state index in [1.54, 1.807) is 36.4 Å². The zero-order chi connectivity index (χ0) is 15.2. The third-order valence-electron chi connectivity index (χ3n) is 2.54. The largest absolute Gasteiger partial charge is 0.478 e. The topological polar surface area (TPSA) is 79.3 Å². The standard InChI is InChI=1S/C15H11ClN2O3/c16-11-4-1-5-12(9-11)18-15(21)14-10(3-2-8-17-14)6-7-13(19)20/h1-9H,(H,18,21)(H,19,20)/b7-6+. The van der Waals surface area contributed by atoms with Gasteiger partial charge in [0.15, 0.2) is 0 Å². The van der Waals surface area contributed by atoms with Crippen molar-refractivity contribution in [1.29, 1.82) is 0 Å². The molecule has 1 aromatic carbocycles. The number of halogens is 1. The van der Waals surface area contributed by atoms with E-state index in [0.29, 0.717) is 16.3 Å². The van der Waals surface area contributed by atoms with Crippen LogP contribution in [0.15, 0.2) is 48.7 Å². The Hall–Kier alpha value is -2.66. The van der Waals surface area contributed by atoms with E-state index in [1.807, 2.05) is 0 Å². The van der Waals surface area contributed by atoms with Gasteiger partial charge in [-0.25, -0.2) is 4.79 Å². The molecule has 0 bridgehead atoms. The molecule has 0 fully saturated rings. The number of pyridine rings is 1. The van der Waals surface area contributed by atoms with E-state index in [4.69, 9.17) is 16.7 Å². The van der Waals surface area contributed by atoms with Crippen molar-refractivity contribution in [2.45, 2.75) is 0 Å². The van der Waals surface area contributed by atoms with E-state index < -0.39 is 11.9 Å². The summed E-state index contributed by atoms with van der Waals surface area (Å²) < 4.78 is 0. The number of nitrogens with zero attached hydrogens (tertiary/aromatic N) is 1. The SMILES string of the molecule is O=C(O)/C=C/c1cccnc1C(=O)Nc1cccc(Cl)c1. The number of hydrogen-bond donors (Lipinski definition) is 2. The first-order valence-corrected chi connectivity index (χ1v) is 6.37. The zero-order valence-corrected chi connectivity index (χ0v) is 11.5. The molecule has 1 amide bonds. The summed E-state index contributed by atoms with van der Waals surface area (Å²) >= 11 is 5.85. The second kappa shape index (κ2) is 6.67. The number of rotatable bonds is 4. The number of carboxylic acids is 1. The predicted molar refractivity (Wildman–Crippen MR) is 80.3 cm³/mol. The number of aromatic nitrogens is 1. The molecular weight excluding hydrogens is 292 g/mol. The van der Waals surface area contributed by atoms with E-state index in [9.17, 15) is 9.59 Å². The fraction of sp³-hybridized carbons (Fsp3) is 0. The van der Waals surface area contributed by atoms with Crippen molar-refractivity contribution in [3.8, 4) is 0 Å². The van der Waals surface area contributed by atoms with Crippen molar-refractivity contribution in [3.05, 3.63) is 65.0 Å². The number of carboxylic acid groups (broad SMARTS) is 1. The Kier molecular flexibility index (Phi) is 4.68. The number of anilines is 1. The number of nitrogens with one attached hydrogen (secondary N) is 1. The lowest BCUT2D eigenvalue weighted by Crippen LogP contribution is -2.15. The highest BCUT2D eigenvalue weighted by Gasteiger charge is 2.11. The van der Waals surface area contributed by atoms with Crippen LogP contribution in [0.1, 0.15) is 16.1 Å². The molecule has 0 radical (unpaired) electrons. The molecular formula is C15H11ClN2O3. The highest BCUT2D eigenvalue weighted by molar-refractivity contribution is 6.31. The lowest BCUT2D eigenvalue weighted by molar-refractivity contribution is -0.131. The maximum atomic E-state index is 12.2. The maximum absolute atomic E-state index is 12.2. The summed E-state index contributed by atoms with van der Waals surface area (Å²) in [6, 6.07) is 9.94. The van der Waals surface area contributed by atoms with Crippen LogP contribution in [0.5, 0.6) is 0 Å². The van der Waals surface area contributed by atoms with Gasteiger partial charge in [-0.1, -0.05) is 23.7 Å². The molecule has 5 nitrogen and oxygen atoms in total.